The largest absolute Gasteiger partial charge is 0.623 e. The maximum Gasteiger partial charge on any atom is 0.310 e. The first-order chi connectivity index (χ1) is 11.4. The molecule has 1 aliphatic heterocycles. The molecule has 0 aliphatic carbocycles. The molecule has 2 heterocycles. The average Bonchev–Trinajstić information content (AvgIpc) is 3.15. The van der Waals surface area contributed by atoms with Crippen LogP contribution in [0.4, 0.5) is 10.8 Å². The average molecular weight is 479 g/mol. The van der Waals surface area contributed by atoms with Crippen LogP contribution in [0.15, 0.2) is 28.6 Å². The number of quaternary nitrogens is 1. The van der Waals surface area contributed by atoms with Crippen molar-refractivity contribution < 1.29 is 4.21 Å². The number of halogens is 1. The Labute approximate surface area is 160 Å². The molecule has 3 rings (SSSR count). The molecule has 1 aromatic carbocycles. The van der Waals surface area contributed by atoms with Gasteiger partial charge < -0.3 is 10.5 Å². The molecule has 1 aliphatic rings. The van der Waals surface area contributed by atoms with Gasteiger partial charge in [0, 0.05) is 15.0 Å². The fourth-order valence-electron chi connectivity index (χ4n) is 2.60. The molecule has 7 nitrogen and oxygen atoms in total. The van der Waals surface area contributed by atoms with E-state index < -0.39 is 15.4 Å². The highest BCUT2D eigenvalue weighted by atomic mass is 127. The minimum absolute atomic E-state index is 0.287. The van der Waals surface area contributed by atoms with Crippen LogP contribution in [-0.4, -0.2) is 51.5 Å². The van der Waals surface area contributed by atoms with Crippen molar-refractivity contribution in [2.75, 3.05) is 31.3 Å². The number of hydroxylamine groups is 2. The molecule has 0 saturated carbocycles. The number of nitrogens with one attached hydrogen (secondary N) is 1. The lowest BCUT2D eigenvalue weighted by atomic mass is 10.3. The number of aromatic nitrogens is 2. The van der Waals surface area contributed by atoms with E-state index in [0.717, 1.165) is 20.6 Å². The van der Waals surface area contributed by atoms with E-state index in [9.17, 15) is 9.42 Å². The predicted molar refractivity (Wildman–Crippen MR) is 106 cm³/mol. The van der Waals surface area contributed by atoms with E-state index >= 15 is 0 Å². The van der Waals surface area contributed by atoms with Gasteiger partial charge in [-0.15, -0.1) is 5.10 Å². The second kappa shape index (κ2) is 7.30. The molecule has 0 bridgehead atoms. The summed E-state index contributed by atoms with van der Waals surface area (Å²) in [6, 6.07) is 7.91. The Bertz CT molecular complexity index is 741. The van der Waals surface area contributed by atoms with Crippen molar-refractivity contribution in [3.63, 3.8) is 0 Å². The van der Waals surface area contributed by atoms with Gasteiger partial charge in [0.15, 0.2) is 6.17 Å². The van der Waals surface area contributed by atoms with E-state index in [1.54, 1.807) is 0 Å². The van der Waals surface area contributed by atoms with E-state index in [0.29, 0.717) is 21.8 Å². The van der Waals surface area contributed by atoms with E-state index in [1.165, 1.54) is 0 Å². The Morgan fingerprint density at radius 1 is 1.46 bits per heavy atom. The molecule has 0 spiro atoms. The van der Waals surface area contributed by atoms with Crippen LogP contribution in [-0.2, 0) is 10.8 Å². The molecular formula is C14H18IN5O2S2. The van der Waals surface area contributed by atoms with E-state index in [2.05, 4.69) is 38.1 Å². The van der Waals surface area contributed by atoms with Gasteiger partial charge in [0.1, 0.15) is 6.67 Å². The van der Waals surface area contributed by atoms with Crippen LogP contribution >= 0.6 is 33.9 Å². The van der Waals surface area contributed by atoms with E-state index in [1.807, 2.05) is 43.1 Å². The summed E-state index contributed by atoms with van der Waals surface area (Å²) in [4.78, 5) is 1.97. The molecule has 3 atom stereocenters. The third-order valence-corrected chi connectivity index (χ3v) is 7.15. The summed E-state index contributed by atoms with van der Waals surface area (Å²) in [7, 11) is 0.722. The van der Waals surface area contributed by atoms with Crippen LogP contribution in [0.25, 0.3) is 0 Å². The van der Waals surface area contributed by atoms with Crippen LogP contribution in [0.1, 0.15) is 6.92 Å². The lowest BCUT2D eigenvalue weighted by molar-refractivity contribution is 0.322. The van der Waals surface area contributed by atoms with Crippen LogP contribution in [0.3, 0.4) is 0 Å². The fourth-order valence-corrected chi connectivity index (χ4v) is 4.94. The highest BCUT2D eigenvalue weighted by Crippen LogP contribution is 2.34. The molecule has 1 saturated heterocycles. The van der Waals surface area contributed by atoms with Gasteiger partial charge in [-0.1, -0.05) is 12.0 Å². The highest BCUT2D eigenvalue weighted by molar-refractivity contribution is 14.1. The van der Waals surface area contributed by atoms with Crippen molar-refractivity contribution >= 4 is 55.5 Å². The maximum atomic E-state index is 13.5. The smallest absolute Gasteiger partial charge is 0.310 e. The second-order valence-electron chi connectivity index (χ2n) is 5.63. The first-order valence-corrected chi connectivity index (χ1v) is 10.7. The second-order valence-corrected chi connectivity index (χ2v) is 9.74. The van der Waals surface area contributed by atoms with Crippen molar-refractivity contribution in [3.8, 4) is 0 Å². The molecule has 130 valence electrons. The molecule has 2 aromatic rings. The molecule has 3 unspecified atom stereocenters. The van der Waals surface area contributed by atoms with E-state index in [-0.39, 0.29) is 12.8 Å². The summed E-state index contributed by atoms with van der Waals surface area (Å²) in [5, 5.41) is 25.2. The van der Waals surface area contributed by atoms with Gasteiger partial charge in [-0.05, 0) is 65.2 Å². The van der Waals surface area contributed by atoms with Gasteiger partial charge in [0.2, 0.25) is 4.34 Å². The van der Waals surface area contributed by atoms with Gasteiger partial charge >= 0.3 is 5.13 Å². The summed E-state index contributed by atoms with van der Waals surface area (Å²) in [5.74, 6) is 0.470. The third-order valence-electron chi connectivity index (χ3n) is 3.79. The van der Waals surface area contributed by atoms with Crippen molar-refractivity contribution in [3.05, 3.63) is 33.0 Å². The normalized spacial score (nSPS) is 25.8. The predicted octanol–water partition coefficient (Wildman–Crippen LogP) is 2.42. The standard InChI is InChI=1S/C14H18IN5O2S2/c1-3-24(22)14-18-17-13(23-14)20(21)9-19(2)8-12(20)16-11-6-4-10(15)5-7-11/h4-7,12,16H,3,8-9H2,1-2H3. The van der Waals surface area contributed by atoms with Crippen LogP contribution < -0.4 is 9.96 Å². The molecule has 1 N–H and O–H groups in total. The Balaban J connectivity index is 1.86. The molecule has 1 fully saturated rings. The SMILES string of the molecule is CCS(=O)c1nnc([N+]2([O-])CN(C)CC2Nc2ccc(I)cc2)s1. The number of anilines is 1. The lowest BCUT2D eigenvalue weighted by Crippen LogP contribution is -2.52. The van der Waals surface area contributed by atoms with Crippen molar-refractivity contribution in [1.29, 1.82) is 0 Å². The number of likely N-dealkylation sites (N-methyl/N-ethyl adjacent to an activating group) is 1. The van der Waals surface area contributed by atoms with Gasteiger partial charge in [0.25, 0.3) is 0 Å². The maximum absolute atomic E-state index is 13.5. The quantitative estimate of drug-likeness (QED) is 0.403. The first kappa shape index (κ1) is 18.1. The Morgan fingerprint density at radius 2 is 2.17 bits per heavy atom. The zero-order valence-corrected chi connectivity index (χ0v) is 17.1. The van der Waals surface area contributed by atoms with Crippen molar-refractivity contribution in [2.45, 2.75) is 17.4 Å². The summed E-state index contributed by atoms with van der Waals surface area (Å²) in [6.45, 7) is 2.71. The Morgan fingerprint density at radius 3 is 2.83 bits per heavy atom. The van der Waals surface area contributed by atoms with Gasteiger partial charge in [-0.2, -0.15) is 0 Å². The van der Waals surface area contributed by atoms with Crippen molar-refractivity contribution in [1.82, 2.24) is 19.7 Å². The molecule has 10 heteroatoms. The molecule has 0 amide bonds. The van der Waals surface area contributed by atoms with Gasteiger partial charge in [0.05, 0.1) is 17.3 Å². The van der Waals surface area contributed by atoms with Crippen LogP contribution in [0, 0.1) is 8.78 Å². The molecular weight excluding hydrogens is 461 g/mol. The van der Waals surface area contributed by atoms with Crippen molar-refractivity contribution in [2.24, 2.45) is 0 Å². The van der Waals surface area contributed by atoms with E-state index in [4.69, 9.17) is 0 Å². The number of benzene rings is 1. The lowest BCUT2D eigenvalue weighted by Gasteiger charge is -2.39. The number of hydrogen-bond donors (Lipinski definition) is 1. The monoisotopic (exact) mass is 479 g/mol. The molecule has 0 radical (unpaired) electrons. The summed E-state index contributed by atoms with van der Waals surface area (Å²) < 4.78 is 12.8. The number of rotatable bonds is 5. The minimum atomic E-state index is -1.19. The zero-order chi connectivity index (χ0) is 17.3. The highest BCUT2D eigenvalue weighted by Gasteiger charge is 2.43. The number of hydrogen-bond acceptors (Lipinski definition) is 7. The minimum Gasteiger partial charge on any atom is -0.623 e. The summed E-state index contributed by atoms with van der Waals surface area (Å²) in [5.41, 5.74) is 0.899. The van der Waals surface area contributed by atoms with Gasteiger partial charge in [-0.3, -0.25) is 13.8 Å². The fraction of sp³-hybridized carbons (Fsp3) is 0.429. The van der Waals surface area contributed by atoms with Crippen LogP contribution in [0.2, 0.25) is 0 Å². The topological polar surface area (TPSA) is 81.2 Å². The molecule has 24 heavy (non-hydrogen) atoms. The zero-order valence-electron chi connectivity index (χ0n) is 13.3. The number of nitrogens with zero attached hydrogens (tertiary/aromatic N) is 4. The first-order valence-electron chi connectivity index (χ1n) is 7.44. The third kappa shape index (κ3) is 3.63. The van der Waals surface area contributed by atoms with Gasteiger partial charge in [-0.25, -0.2) is 0 Å². The van der Waals surface area contributed by atoms with Crippen LogP contribution in [0.5, 0.6) is 0 Å². The summed E-state index contributed by atoms with van der Waals surface area (Å²) >= 11 is 3.40. The Hall–Kier alpha value is -0.660. The Kier molecular flexibility index (Phi) is 5.52. The molecule has 1 aromatic heterocycles. The summed E-state index contributed by atoms with van der Waals surface area (Å²) in [6.07, 6.45) is -0.383.